The van der Waals surface area contributed by atoms with E-state index in [1.54, 1.807) is 51.1 Å². The molecule has 1 unspecified atom stereocenters. The second-order valence-electron chi connectivity index (χ2n) is 6.55. The molecule has 0 aliphatic heterocycles. The molecule has 0 spiro atoms. The zero-order valence-corrected chi connectivity index (χ0v) is 15.4. The fourth-order valence-electron chi connectivity index (χ4n) is 3.26. The first-order valence-corrected chi connectivity index (χ1v) is 8.70. The van der Waals surface area contributed by atoms with Gasteiger partial charge in [-0.05, 0) is 31.9 Å². The minimum atomic E-state index is -1.21. The number of aliphatic carboxylic acids is 1. The highest BCUT2D eigenvalue weighted by molar-refractivity contribution is 6.06. The number of carbonyl (C=O) groups is 2. The molecule has 7 nitrogen and oxygen atoms in total. The Balaban J connectivity index is 1.94. The van der Waals surface area contributed by atoms with Crippen LogP contribution in [0.3, 0.4) is 0 Å². The smallest absolute Gasteiger partial charge is 0.315 e. The van der Waals surface area contributed by atoms with Gasteiger partial charge in [-0.3, -0.25) is 9.59 Å². The van der Waals surface area contributed by atoms with E-state index in [0.29, 0.717) is 40.0 Å². The van der Waals surface area contributed by atoms with Crippen LogP contribution in [-0.2, 0) is 10.2 Å². The van der Waals surface area contributed by atoms with Gasteiger partial charge < -0.3 is 14.9 Å². The van der Waals surface area contributed by atoms with Gasteiger partial charge in [0.15, 0.2) is 0 Å². The zero-order valence-electron chi connectivity index (χ0n) is 15.4. The van der Waals surface area contributed by atoms with Crippen LogP contribution in [0.4, 0.5) is 0 Å². The molecule has 3 aromatic rings. The van der Waals surface area contributed by atoms with Crippen molar-refractivity contribution in [3.8, 4) is 0 Å². The summed E-state index contributed by atoms with van der Waals surface area (Å²) in [7, 11) is 0. The highest BCUT2D eigenvalue weighted by Gasteiger charge is 2.39. The van der Waals surface area contributed by atoms with E-state index in [4.69, 9.17) is 4.52 Å². The summed E-state index contributed by atoms with van der Waals surface area (Å²) in [6.45, 7) is 5.25. The van der Waals surface area contributed by atoms with E-state index in [9.17, 15) is 14.7 Å². The maximum absolute atomic E-state index is 12.9. The minimum Gasteiger partial charge on any atom is -0.481 e. The Labute approximate surface area is 156 Å². The molecule has 0 saturated heterocycles. The normalized spacial score (nSPS) is 13.3. The predicted octanol–water partition coefficient (Wildman–Crippen LogP) is 3.00. The highest BCUT2D eigenvalue weighted by atomic mass is 16.5. The van der Waals surface area contributed by atoms with Crippen LogP contribution in [0.15, 0.2) is 40.9 Å². The van der Waals surface area contributed by atoms with Crippen molar-refractivity contribution >= 4 is 23.0 Å². The number of pyridine rings is 1. The molecule has 1 atom stereocenters. The average molecular weight is 367 g/mol. The Bertz CT molecular complexity index is 997. The number of nitrogens with one attached hydrogen (secondary N) is 1. The summed E-state index contributed by atoms with van der Waals surface area (Å²) >= 11 is 0. The quantitative estimate of drug-likeness (QED) is 0.694. The summed E-state index contributed by atoms with van der Waals surface area (Å²) < 4.78 is 5.16. The number of amides is 1. The maximum atomic E-state index is 12.9. The number of aryl methyl sites for hydroxylation is 2. The van der Waals surface area contributed by atoms with Crippen molar-refractivity contribution in [2.45, 2.75) is 32.6 Å². The number of carbonyl (C=O) groups excluding carboxylic acids is 1. The number of aromatic nitrogens is 2. The number of carboxylic acids is 1. The van der Waals surface area contributed by atoms with Gasteiger partial charge >= 0.3 is 5.97 Å². The Hall–Kier alpha value is -3.22. The van der Waals surface area contributed by atoms with E-state index in [0.717, 1.165) is 0 Å². The van der Waals surface area contributed by atoms with Gasteiger partial charge in [-0.2, -0.15) is 0 Å². The van der Waals surface area contributed by atoms with Gasteiger partial charge in [0.25, 0.3) is 11.6 Å². The van der Waals surface area contributed by atoms with Crippen LogP contribution in [0.1, 0.15) is 40.7 Å². The number of nitrogens with zero attached hydrogens (tertiary/aromatic N) is 2. The van der Waals surface area contributed by atoms with Crippen molar-refractivity contribution < 1.29 is 19.2 Å². The van der Waals surface area contributed by atoms with Crippen LogP contribution in [-0.4, -0.2) is 33.7 Å². The van der Waals surface area contributed by atoms with Gasteiger partial charge in [0.1, 0.15) is 5.41 Å². The van der Waals surface area contributed by atoms with E-state index >= 15 is 0 Å². The van der Waals surface area contributed by atoms with Crippen molar-refractivity contribution in [3.63, 3.8) is 0 Å². The summed E-state index contributed by atoms with van der Waals surface area (Å²) in [4.78, 5) is 29.2. The number of rotatable bonds is 6. The summed E-state index contributed by atoms with van der Waals surface area (Å²) in [6, 6.07) is 10.6. The largest absolute Gasteiger partial charge is 0.481 e. The first kappa shape index (κ1) is 18.6. The van der Waals surface area contributed by atoms with Gasteiger partial charge in [0.05, 0.1) is 16.6 Å². The third-order valence-corrected chi connectivity index (χ3v) is 4.88. The van der Waals surface area contributed by atoms with Crippen LogP contribution in [0.5, 0.6) is 0 Å². The standard InChI is InChI=1S/C20H21N3O4/c1-4-20(19(25)26,14-8-6-5-7-9-14)11-21-17(24)15-10-12(2)22-18-16(15)13(3)23-27-18/h5-10H,4,11H2,1-3H3,(H,21,24)(H,25,26). The monoisotopic (exact) mass is 367 g/mol. The molecule has 7 heteroatoms. The molecular formula is C20H21N3O4. The second kappa shape index (κ2) is 7.19. The summed E-state index contributed by atoms with van der Waals surface area (Å²) in [5, 5.41) is 17.1. The van der Waals surface area contributed by atoms with E-state index in [1.165, 1.54) is 0 Å². The van der Waals surface area contributed by atoms with Crippen LogP contribution in [0.2, 0.25) is 0 Å². The summed E-state index contributed by atoms with van der Waals surface area (Å²) in [5.41, 5.74) is 1.29. The Morgan fingerprint density at radius 1 is 1.22 bits per heavy atom. The van der Waals surface area contributed by atoms with Gasteiger partial charge in [0.2, 0.25) is 0 Å². The molecule has 1 amide bonds. The molecule has 2 heterocycles. The Morgan fingerprint density at radius 2 is 1.93 bits per heavy atom. The van der Waals surface area contributed by atoms with Crippen molar-refractivity contribution in [1.29, 1.82) is 0 Å². The minimum absolute atomic E-state index is 0.0329. The number of fused-ring (bicyclic) bond motifs is 1. The lowest BCUT2D eigenvalue weighted by molar-refractivity contribution is -0.143. The van der Waals surface area contributed by atoms with E-state index < -0.39 is 11.4 Å². The van der Waals surface area contributed by atoms with Gasteiger partial charge in [-0.25, -0.2) is 4.98 Å². The molecule has 0 fully saturated rings. The molecule has 140 valence electrons. The van der Waals surface area contributed by atoms with Crippen LogP contribution >= 0.6 is 0 Å². The third-order valence-electron chi connectivity index (χ3n) is 4.88. The van der Waals surface area contributed by atoms with Gasteiger partial charge in [-0.15, -0.1) is 0 Å². The maximum Gasteiger partial charge on any atom is 0.315 e. The van der Waals surface area contributed by atoms with Crippen molar-refractivity contribution in [3.05, 3.63) is 58.9 Å². The molecule has 3 rings (SSSR count). The Morgan fingerprint density at radius 3 is 2.56 bits per heavy atom. The lowest BCUT2D eigenvalue weighted by Crippen LogP contribution is -2.46. The topological polar surface area (TPSA) is 105 Å². The van der Waals surface area contributed by atoms with Crippen LogP contribution < -0.4 is 5.32 Å². The van der Waals surface area contributed by atoms with Crippen LogP contribution in [0, 0.1) is 13.8 Å². The summed E-state index contributed by atoms with van der Waals surface area (Å²) in [6.07, 6.45) is 0.337. The fourth-order valence-corrected chi connectivity index (χ4v) is 3.26. The third kappa shape index (κ3) is 3.28. The van der Waals surface area contributed by atoms with E-state index in [1.807, 2.05) is 6.07 Å². The van der Waals surface area contributed by atoms with E-state index in [2.05, 4.69) is 15.5 Å². The molecule has 0 aliphatic rings. The zero-order chi connectivity index (χ0) is 19.6. The predicted molar refractivity (Wildman–Crippen MR) is 99.7 cm³/mol. The van der Waals surface area contributed by atoms with Gasteiger partial charge in [0, 0.05) is 12.2 Å². The Kier molecular flexibility index (Phi) is 4.94. The molecule has 0 bridgehead atoms. The highest BCUT2D eigenvalue weighted by Crippen LogP contribution is 2.28. The molecule has 27 heavy (non-hydrogen) atoms. The number of carboxylic acid groups (broad SMARTS) is 1. The first-order chi connectivity index (χ1) is 12.9. The summed E-state index contributed by atoms with van der Waals surface area (Å²) in [5.74, 6) is -1.36. The van der Waals surface area contributed by atoms with Crippen molar-refractivity contribution in [1.82, 2.24) is 15.5 Å². The molecule has 0 aliphatic carbocycles. The molecule has 2 aromatic heterocycles. The van der Waals surface area contributed by atoms with Crippen molar-refractivity contribution in [2.24, 2.45) is 0 Å². The molecular weight excluding hydrogens is 346 g/mol. The number of hydrogen-bond acceptors (Lipinski definition) is 5. The number of hydrogen-bond donors (Lipinski definition) is 2. The first-order valence-electron chi connectivity index (χ1n) is 8.70. The second-order valence-corrected chi connectivity index (χ2v) is 6.55. The van der Waals surface area contributed by atoms with E-state index in [-0.39, 0.29) is 12.5 Å². The lowest BCUT2D eigenvalue weighted by atomic mass is 9.78. The molecule has 0 radical (unpaired) electrons. The average Bonchev–Trinajstić information content (AvgIpc) is 3.03. The fraction of sp³-hybridized carbons (Fsp3) is 0.300. The number of benzene rings is 1. The molecule has 1 aromatic carbocycles. The SMILES string of the molecule is CCC(CNC(=O)c1cc(C)nc2onc(C)c12)(C(=O)O)c1ccccc1. The van der Waals surface area contributed by atoms with Gasteiger partial charge in [-0.1, -0.05) is 42.4 Å². The lowest BCUT2D eigenvalue weighted by Gasteiger charge is -2.29. The van der Waals surface area contributed by atoms with Crippen molar-refractivity contribution in [2.75, 3.05) is 6.54 Å². The molecule has 0 saturated carbocycles. The molecule has 2 N–H and O–H groups in total. The van der Waals surface area contributed by atoms with Crippen LogP contribution in [0.25, 0.3) is 11.1 Å².